The maximum atomic E-state index is 12.2. The molecule has 0 radical (unpaired) electrons. The molecule has 1 heterocycles. The maximum Gasteiger partial charge on any atom is 0.234 e. The van der Waals surface area contributed by atoms with Crippen LogP contribution in [0.4, 0.5) is 0 Å². The molecule has 1 aromatic rings. The number of piperidine rings is 1. The highest BCUT2D eigenvalue weighted by atomic mass is 16.2. The van der Waals surface area contributed by atoms with Crippen molar-refractivity contribution in [2.75, 3.05) is 26.2 Å². The smallest absolute Gasteiger partial charge is 0.234 e. The molecule has 24 heavy (non-hydrogen) atoms. The van der Waals surface area contributed by atoms with Crippen LogP contribution in [0.5, 0.6) is 0 Å². The SMILES string of the molecule is NC(=O)C1CCN(CC(=O)NCC2CCCc3ccccc32)CC1. The first-order valence-electron chi connectivity index (χ1n) is 8.99. The van der Waals surface area contributed by atoms with Crippen LogP contribution in [-0.4, -0.2) is 42.9 Å². The van der Waals surface area contributed by atoms with Crippen molar-refractivity contribution in [3.63, 3.8) is 0 Å². The van der Waals surface area contributed by atoms with Crippen molar-refractivity contribution in [1.82, 2.24) is 10.2 Å². The molecule has 5 nitrogen and oxygen atoms in total. The molecule has 1 aromatic carbocycles. The van der Waals surface area contributed by atoms with E-state index in [4.69, 9.17) is 5.73 Å². The van der Waals surface area contributed by atoms with Crippen molar-refractivity contribution in [3.05, 3.63) is 35.4 Å². The zero-order valence-corrected chi connectivity index (χ0v) is 14.2. The number of nitrogens with zero attached hydrogens (tertiary/aromatic N) is 1. The van der Waals surface area contributed by atoms with Crippen LogP contribution < -0.4 is 11.1 Å². The van der Waals surface area contributed by atoms with Gasteiger partial charge in [0.25, 0.3) is 0 Å². The maximum absolute atomic E-state index is 12.2. The molecule has 0 spiro atoms. The average Bonchev–Trinajstić information content (AvgIpc) is 2.60. The van der Waals surface area contributed by atoms with E-state index >= 15 is 0 Å². The highest BCUT2D eigenvalue weighted by Gasteiger charge is 2.25. The fourth-order valence-electron chi connectivity index (χ4n) is 3.94. The summed E-state index contributed by atoms with van der Waals surface area (Å²) in [6, 6.07) is 8.57. The average molecular weight is 329 g/mol. The second-order valence-electron chi connectivity index (χ2n) is 7.04. The van der Waals surface area contributed by atoms with Crippen molar-refractivity contribution in [3.8, 4) is 0 Å². The summed E-state index contributed by atoms with van der Waals surface area (Å²) in [6.07, 6.45) is 5.01. The molecule has 1 saturated heterocycles. The van der Waals surface area contributed by atoms with Crippen LogP contribution >= 0.6 is 0 Å². The normalized spacial score (nSPS) is 21.9. The number of aryl methyl sites for hydroxylation is 1. The fourth-order valence-corrected chi connectivity index (χ4v) is 3.94. The number of hydrogen-bond acceptors (Lipinski definition) is 3. The summed E-state index contributed by atoms with van der Waals surface area (Å²) in [6.45, 7) is 2.67. The second kappa shape index (κ2) is 7.79. The van der Waals surface area contributed by atoms with Crippen molar-refractivity contribution < 1.29 is 9.59 Å². The van der Waals surface area contributed by atoms with Crippen LogP contribution in [-0.2, 0) is 16.0 Å². The van der Waals surface area contributed by atoms with Gasteiger partial charge in [0.2, 0.25) is 11.8 Å². The lowest BCUT2D eigenvalue weighted by Gasteiger charge is -2.30. The molecule has 2 amide bonds. The summed E-state index contributed by atoms with van der Waals surface area (Å²) in [7, 11) is 0. The first-order chi connectivity index (χ1) is 11.6. The lowest BCUT2D eigenvalue weighted by atomic mass is 9.83. The van der Waals surface area contributed by atoms with Crippen molar-refractivity contribution in [2.24, 2.45) is 11.7 Å². The Hall–Kier alpha value is -1.88. The Balaban J connectivity index is 1.45. The van der Waals surface area contributed by atoms with Gasteiger partial charge in [-0.15, -0.1) is 0 Å². The van der Waals surface area contributed by atoms with Gasteiger partial charge in [-0.05, 0) is 56.3 Å². The zero-order valence-electron chi connectivity index (χ0n) is 14.2. The molecule has 1 aliphatic carbocycles. The van der Waals surface area contributed by atoms with Gasteiger partial charge in [-0.2, -0.15) is 0 Å². The summed E-state index contributed by atoms with van der Waals surface area (Å²) < 4.78 is 0. The molecule has 130 valence electrons. The minimum absolute atomic E-state index is 0.0250. The molecular weight excluding hydrogens is 302 g/mol. The third kappa shape index (κ3) is 4.15. The number of nitrogens with one attached hydrogen (secondary N) is 1. The molecule has 5 heteroatoms. The fraction of sp³-hybridized carbons (Fsp3) is 0.579. The number of hydrogen-bond donors (Lipinski definition) is 2. The number of nitrogens with two attached hydrogens (primary N) is 1. The highest BCUT2D eigenvalue weighted by Crippen LogP contribution is 2.30. The van der Waals surface area contributed by atoms with Gasteiger partial charge in [-0.25, -0.2) is 0 Å². The monoisotopic (exact) mass is 329 g/mol. The van der Waals surface area contributed by atoms with Crippen LogP contribution in [0.2, 0.25) is 0 Å². The van der Waals surface area contributed by atoms with E-state index in [-0.39, 0.29) is 17.7 Å². The highest BCUT2D eigenvalue weighted by molar-refractivity contribution is 5.78. The van der Waals surface area contributed by atoms with E-state index in [1.165, 1.54) is 17.5 Å². The molecule has 3 N–H and O–H groups in total. The largest absolute Gasteiger partial charge is 0.369 e. The number of carbonyl (C=O) groups is 2. The first kappa shape index (κ1) is 17.0. The summed E-state index contributed by atoms with van der Waals surface area (Å²) in [5, 5.41) is 3.10. The van der Waals surface area contributed by atoms with Crippen LogP contribution in [0.25, 0.3) is 0 Å². The third-order valence-corrected chi connectivity index (χ3v) is 5.40. The standard InChI is InChI=1S/C19H27N3O2/c20-19(24)15-8-10-22(11-9-15)13-18(23)21-12-16-6-3-5-14-4-1-2-7-17(14)16/h1-2,4,7,15-16H,3,5-6,8-13H2,(H2,20,24)(H,21,23). The molecule has 0 aromatic heterocycles. The molecule has 1 fully saturated rings. The van der Waals surface area contributed by atoms with Gasteiger partial charge in [-0.1, -0.05) is 24.3 Å². The van der Waals surface area contributed by atoms with E-state index in [0.29, 0.717) is 19.0 Å². The lowest BCUT2D eigenvalue weighted by molar-refractivity contribution is -0.124. The molecule has 0 saturated carbocycles. The quantitative estimate of drug-likeness (QED) is 0.858. The Kier molecular flexibility index (Phi) is 5.51. The molecule has 1 aliphatic heterocycles. The topological polar surface area (TPSA) is 75.4 Å². The molecule has 1 unspecified atom stereocenters. The van der Waals surface area contributed by atoms with Gasteiger partial charge in [0, 0.05) is 18.4 Å². The minimum atomic E-state index is -0.213. The second-order valence-corrected chi connectivity index (χ2v) is 7.04. The van der Waals surface area contributed by atoms with E-state index in [1.54, 1.807) is 0 Å². The number of amides is 2. The number of likely N-dealkylation sites (tertiary alicyclic amines) is 1. The van der Waals surface area contributed by atoms with Gasteiger partial charge in [0.1, 0.15) is 0 Å². The van der Waals surface area contributed by atoms with E-state index < -0.39 is 0 Å². The molecule has 1 atom stereocenters. The van der Waals surface area contributed by atoms with Gasteiger partial charge in [0.15, 0.2) is 0 Å². The van der Waals surface area contributed by atoms with Crippen LogP contribution in [0.15, 0.2) is 24.3 Å². The number of benzene rings is 1. The number of rotatable bonds is 5. The Morgan fingerprint density at radius 2 is 1.92 bits per heavy atom. The van der Waals surface area contributed by atoms with Crippen molar-refractivity contribution in [2.45, 2.75) is 38.0 Å². The molecule has 3 rings (SSSR count). The number of primary amides is 1. The van der Waals surface area contributed by atoms with Gasteiger partial charge in [0.05, 0.1) is 6.54 Å². The molecule has 0 bridgehead atoms. The summed E-state index contributed by atoms with van der Waals surface area (Å²) in [5.41, 5.74) is 8.17. The zero-order chi connectivity index (χ0) is 16.9. The Morgan fingerprint density at radius 3 is 2.67 bits per heavy atom. The Morgan fingerprint density at radius 1 is 1.17 bits per heavy atom. The predicted octanol–water partition coefficient (Wildman–Crippen LogP) is 1.42. The summed E-state index contributed by atoms with van der Waals surface area (Å²) in [4.78, 5) is 25.5. The van der Waals surface area contributed by atoms with Crippen molar-refractivity contribution >= 4 is 11.8 Å². The third-order valence-electron chi connectivity index (χ3n) is 5.40. The van der Waals surface area contributed by atoms with Gasteiger partial charge in [-0.3, -0.25) is 14.5 Å². The summed E-state index contributed by atoms with van der Waals surface area (Å²) in [5.74, 6) is 0.271. The summed E-state index contributed by atoms with van der Waals surface area (Å²) >= 11 is 0. The minimum Gasteiger partial charge on any atom is -0.369 e. The van der Waals surface area contributed by atoms with E-state index in [1.807, 2.05) is 0 Å². The van der Waals surface area contributed by atoms with E-state index in [0.717, 1.165) is 38.8 Å². The van der Waals surface area contributed by atoms with Crippen LogP contribution in [0.1, 0.15) is 42.7 Å². The van der Waals surface area contributed by atoms with E-state index in [2.05, 4.69) is 34.5 Å². The lowest BCUT2D eigenvalue weighted by Crippen LogP contribution is -2.44. The Labute approximate surface area is 143 Å². The van der Waals surface area contributed by atoms with Crippen LogP contribution in [0, 0.1) is 5.92 Å². The number of fused-ring (bicyclic) bond motifs is 1. The van der Waals surface area contributed by atoms with E-state index in [9.17, 15) is 9.59 Å². The molecule has 2 aliphatic rings. The van der Waals surface area contributed by atoms with Gasteiger partial charge >= 0.3 is 0 Å². The van der Waals surface area contributed by atoms with Crippen LogP contribution in [0.3, 0.4) is 0 Å². The molecular formula is C19H27N3O2. The first-order valence-corrected chi connectivity index (χ1v) is 8.99. The predicted molar refractivity (Wildman–Crippen MR) is 93.5 cm³/mol. The van der Waals surface area contributed by atoms with Crippen molar-refractivity contribution in [1.29, 1.82) is 0 Å². The Bertz CT molecular complexity index is 594. The number of carbonyl (C=O) groups excluding carboxylic acids is 2. The van der Waals surface area contributed by atoms with Gasteiger partial charge < -0.3 is 11.1 Å².